The summed E-state index contributed by atoms with van der Waals surface area (Å²) in [5.41, 5.74) is 0.925. The summed E-state index contributed by atoms with van der Waals surface area (Å²) in [6, 6.07) is 11.0. The molecule has 1 atom stereocenters. The van der Waals surface area contributed by atoms with E-state index in [1.165, 1.54) is 18.2 Å². The van der Waals surface area contributed by atoms with Crippen LogP contribution in [0.2, 0.25) is 10.0 Å². The molecule has 1 aliphatic rings. The lowest BCUT2D eigenvalue weighted by atomic mass is 9.96. The van der Waals surface area contributed by atoms with Crippen LogP contribution in [0.4, 0.5) is 10.1 Å². The Balaban J connectivity index is 1.61. The van der Waals surface area contributed by atoms with E-state index in [0.29, 0.717) is 35.2 Å². The van der Waals surface area contributed by atoms with Crippen molar-refractivity contribution in [3.63, 3.8) is 0 Å². The van der Waals surface area contributed by atoms with E-state index >= 15 is 0 Å². The number of nitrogens with zero attached hydrogens (tertiary/aromatic N) is 1. The molecule has 1 fully saturated rings. The maximum Gasteiger partial charge on any atom is 0.229 e. The predicted octanol–water partition coefficient (Wildman–Crippen LogP) is 4.55. The van der Waals surface area contributed by atoms with Crippen molar-refractivity contribution < 1.29 is 14.0 Å². The number of likely N-dealkylation sites (tertiary alicyclic amines) is 1. The number of hydrogen-bond acceptors (Lipinski definition) is 2. The van der Waals surface area contributed by atoms with Gasteiger partial charge in [-0.05, 0) is 60.9 Å². The molecule has 1 heterocycles. The second kappa shape index (κ2) is 8.72. The molecule has 1 unspecified atom stereocenters. The minimum absolute atomic E-state index is 0.0715. The molecular formula is C20H19Cl2FN2O2. The SMILES string of the molecule is O=C(Nc1ccc(Cl)cc1)C1CCCN(C(=O)Cc2cc(Cl)ccc2F)C1. The third-order valence-electron chi connectivity index (χ3n) is 4.61. The van der Waals surface area contributed by atoms with Crippen LogP contribution in [0.15, 0.2) is 42.5 Å². The van der Waals surface area contributed by atoms with Crippen molar-refractivity contribution in [1.82, 2.24) is 4.90 Å². The van der Waals surface area contributed by atoms with Gasteiger partial charge in [-0.15, -0.1) is 0 Å². The highest BCUT2D eigenvalue weighted by Crippen LogP contribution is 2.22. The van der Waals surface area contributed by atoms with Gasteiger partial charge in [-0.25, -0.2) is 4.39 Å². The molecule has 2 amide bonds. The van der Waals surface area contributed by atoms with Crippen molar-refractivity contribution in [2.75, 3.05) is 18.4 Å². The quantitative estimate of drug-likeness (QED) is 0.806. The number of halogens is 3. The van der Waals surface area contributed by atoms with E-state index < -0.39 is 5.82 Å². The van der Waals surface area contributed by atoms with Crippen LogP contribution in [0.1, 0.15) is 18.4 Å². The fourth-order valence-electron chi connectivity index (χ4n) is 3.15. The molecule has 2 aromatic carbocycles. The van der Waals surface area contributed by atoms with Gasteiger partial charge in [0.15, 0.2) is 0 Å². The first kappa shape index (κ1) is 19.6. The fourth-order valence-corrected chi connectivity index (χ4v) is 3.47. The van der Waals surface area contributed by atoms with E-state index in [0.717, 1.165) is 6.42 Å². The van der Waals surface area contributed by atoms with Crippen LogP contribution in [0.5, 0.6) is 0 Å². The molecule has 0 aliphatic carbocycles. The molecule has 0 radical (unpaired) electrons. The Morgan fingerprint density at radius 1 is 1.11 bits per heavy atom. The van der Waals surface area contributed by atoms with E-state index in [4.69, 9.17) is 23.2 Å². The number of rotatable bonds is 4. The highest BCUT2D eigenvalue weighted by atomic mass is 35.5. The first-order valence-corrected chi connectivity index (χ1v) is 9.46. The number of amides is 2. The van der Waals surface area contributed by atoms with Gasteiger partial charge in [-0.3, -0.25) is 9.59 Å². The normalized spacial score (nSPS) is 16.9. The van der Waals surface area contributed by atoms with Gasteiger partial charge in [-0.1, -0.05) is 23.2 Å². The van der Waals surface area contributed by atoms with Gasteiger partial charge < -0.3 is 10.2 Å². The summed E-state index contributed by atoms with van der Waals surface area (Å²) < 4.78 is 13.9. The summed E-state index contributed by atoms with van der Waals surface area (Å²) in [6.45, 7) is 0.881. The zero-order valence-electron chi connectivity index (χ0n) is 14.6. The van der Waals surface area contributed by atoms with Crippen molar-refractivity contribution in [3.05, 3.63) is 63.9 Å². The summed E-state index contributed by atoms with van der Waals surface area (Å²) in [5.74, 6) is -1.10. The lowest BCUT2D eigenvalue weighted by Crippen LogP contribution is -2.44. The van der Waals surface area contributed by atoms with Crippen LogP contribution in [-0.4, -0.2) is 29.8 Å². The Morgan fingerprint density at radius 3 is 2.56 bits per heavy atom. The average molecular weight is 409 g/mol. The van der Waals surface area contributed by atoms with Crippen molar-refractivity contribution in [1.29, 1.82) is 0 Å². The largest absolute Gasteiger partial charge is 0.342 e. The molecule has 2 aromatic rings. The third kappa shape index (κ3) is 5.21. The number of carbonyl (C=O) groups is 2. The van der Waals surface area contributed by atoms with Crippen LogP contribution in [0.3, 0.4) is 0 Å². The molecule has 1 aliphatic heterocycles. The summed E-state index contributed by atoms with van der Waals surface area (Å²) in [5, 5.41) is 3.83. The van der Waals surface area contributed by atoms with Crippen molar-refractivity contribution in [2.45, 2.75) is 19.3 Å². The molecule has 0 spiro atoms. The number of benzene rings is 2. The molecule has 27 heavy (non-hydrogen) atoms. The number of nitrogens with one attached hydrogen (secondary N) is 1. The topological polar surface area (TPSA) is 49.4 Å². The zero-order valence-corrected chi connectivity index (χ0v) is 16.1. The Hall–Kier alpha value is -2.11. The Kier molecular flexibility index (Phi) is 6.34. The van der Waals surface area contributed by atoms with E-state index in [1.54, 1.807) is 29.2 Å². The highest BCUT2D eigenvalue weighted by molar-refractivity contribution is 6.30. The van der Waals surface area contributed by atoms with E-state index in [1.807, 2.05) is 0 Å². The summed E-state index contributed by atoms with van der Waals surface area (Å²) in [4.78, 5) is 26.7. The van der Waals surface area contributed by atoms with Gasteiger partial charge in [0, 0.05) is 28.8 Å². The summed E-state index contributed by atoms with van der Waals surface area (Å²) in [7, 11) is 0. The molecule has 1 N–H and O–H groups in total. The van der Waals surface area contributed by atoms with Gasteiger partial charge in [0.1, 0.15) is 5.82 Å². The van der Waals surface area contributed by atoms with Gasteiger partial charge in [0.05, 0.1) is 12.3 Å². The monoisotopic (exact) mass is 408 g/mol. The highest BCUT2D eigenvalue weighted by Gasteiger charge is 2.28. The van der Waals surface area contributed by atoms with Crippen LogP contribution < -0.4 is 5.32 Å². The Labute approximate surface area is 167 Å². The number of hydrogen-bond donors (Lipinski definition) is 1. The zero-order chi connectivity index (χ0) is 19.4. The third-order valence-corrected chi connectivity index (χ3v) is 5.09. The summed E-state index contributed by atoms with van der Waals surface area (Å²) in [6.07, 6.45) is 1.36. The maximum atomic E-state index is 13.9. The smallest absolute Gasteiger partial charge is 0.229 e. The molecule has 142 valence electrons. The van der Waals surface area contributed by atoms with Gasteiger partial charge in [-0.2, -0.15) is 0 Å². The molecular weight excluding hydrogens is 390 g/mol. The van der Waals surface area contributed by atoms with Crippen LogP contribution in [0, 0.1) is 11.7 Å². The van der Waals surface area contributed by atoms with Crippen molar-refractivity contribution in [3.8, 4) is 0 Å². The van der Waals surface area contributed by atoms with Crippen LogP contribution in [0.25, 0.3) is 0 Å². The second-order valence-electron chi connectivity index (χ2n) is 6.59. The fraction of sp³-hybridized carbons (Fsp3) is 0.300. The molecule has 4 nitrogen and oxygen atoms in total. The van der Waals surface area contributed by atoms with Gasteiger partial charge >= 0.3 is 0 Å². The van der Waals surface area contributed by atoms with E-state index in [-0.39, 0.29) is 29.7 Å². The lowest BCUT2D eigenvalue weighted by molar-refractivity contribution is -0.134. The van der Waals surface area contributed by atoms with Gasteiger partial charge in [0.25, 0.3) is 0 Å². The number of piperidine rings is 1. The predicted molar refractivity (Wildman–Crippen MR) is 104 cm³/mol. The molecule has 3 rings (SSSR count). The summed E-state index contributed by atoms with van der Waals surface area (Å²) >= 11 is 11.7. The molecule has 0 saturated carbocycles. The average Bonchev–Trinajstić information content (AvgIpc) is 2.66. The second-order valence-corrected chi connectivity index (χ2v) is 7.46. The molecule has 0 bridgehead atoms. The molecule has 0 aromatic heterocycles. The van der Waals surface area contributed by atoms with Crippen LogP contribution in [-0.2, 0) is 16.0 Å². The van der Waals surface area contributed by atoms with E-state index in [9.17, 15) is 14.0 Å². The Morgan fingerprint density at radius 2 is 1.81 bits per heavy atom. The van der Waals surface area contributed by atoms with Crippen molar-refractivity contribution >= 4 is 40.7 Å². The number of anilines is 1. The standard InChI is InChI=1S/C20H19Cl2FN2O2/c21-15-3-6-17(7-4-15)24-20(27)13-2-1-9-25(12-13)19(26)11-14-10-16(22)5-8-18(14)23/h3-8,10,13H,1-2,9,11-12H2,(H,24,27). The van der Waals surface area contributed by atoms with E-state index in [2.05, 4.69) is 5.32 Å². The van der Waals surface area contributed by atoms with Crippen LogP contribution >= 0.6 is 23.2 Å². The number of carbonyl (C=O) groups excluding carboxylic acids is 2. The first-order valence-electron chi connectivity index (χ1n) is 8.70. The van der Waals surface area contributed by atoms with Gasteiger partial charge in [0.2, 0.25) is 11.8 Å². The molecule has 7 heteroatoms. The minimum atomic E-state index is -0.457. The first-order chi connectivity index (χ1) is 12.9. The van der Waals surface area contributed by atoms with Crippen molar-refractivity contribution in [2.24, 2.45) is 5.92 Å². The molecule has 1 saturated heterocycles. The Bertz CT molecular complexity index is 842. The maximum absolute atomic E-state index is 13.9. The minimum Gasteiger partial charge on any atom is -0.342 e. The lowest BCUT2D eigenvalue weighted by Gasteiger charge is -2.32.